The van der Waals surface area contributed by atoms with Crippen LogP contribution in [0.1, 0.15) is 18.1 Å². The molecule has 0 aromatic heterocycles. The maximum atomic E-state index is 11.9. The van der Waals surface area contributed by atoms with Gasteiger partial charge in [-0.3, -0.25) is 4.79 Å². The number of carbonyl (C=O) groups is 1. The van der Waals surface area contributed by atoms with Crippen molar-refractivity contribution in [2.24, 2.45) is 0 Å². The number of hydrogen-bond acceptors (Lipinski definition) is 1. The smallest absolute Gasteiger partial charge is 0.161 e. The minimum absolute atomic E-state index is 0.0921. The highest BCUT2D eigenvalue weighted by Gasteiger charge is 2.13. The number of rotatable bonds is 3. The van der Waals surface area contributed by atoms with Crippen molar-refractivity contribution in [1.29, 1.82) is 0 Å². The van der Waals surface area contributed by atoms with Crippen LogP contribution in [0.5, 0.6) is 0 Å². The lowest BCUT2D eigenvalue weighted by molar-refractivity contribution is -0.111. The second-order valence-corrected chi connectivity index (χ2v) is 5.06. The number of Topliss-reactive ketones (excluding diaryl/α,β-unsaturated/α-hetero) is 1. The molecule has 0 saturated heterocycles. The first-order chi connectivity index (χ1) is 8.70. The highest BCUT2D eigenvalue weighted by molar-refractivity contribution is 14.1. The van der Waals surface area contributed by atoms with Crippen molar-refractivity contribution in [1.82, 2.24) is 0 Å². The Balaban J connectivity index is 2.58. The van der Waals surface area contributed by atoms with Gasteiger partial charge in [-0.05, 0) is 40.6 Å². The normalized spacial score (nSPS) is 11.9. The summed E-state index contributed by atoms with van der Waals surface area (Å²) in [5.74, 6) is 0.0921. The topological polar surface area (TPSA) is 17.1 Å². The zero-order valence-corrected chi connectivity index (χ0v) is 12.2. The van der Waals surface area contributed by atoms with Gasteiger partial charge in [0.2, 0.25) is 0 Å². The molecular formula is C16H13IO. The van der Waals surface area contributed by atoms with Crippen LogP contribution < -0.4 is 0 Å². The summed E-state index contributed by atoms with van der Waals surface area (Å²) >= 11 is 2.25. The third-order valence-corrected chi connectivity index (χ3v) is 3.82. The van der Waals surface area contributed by atoms with Gasteiger partial charge in [0.15, 0.2) is 5.78 Å². The molecule has 0 N–H and O–H groups in total. The van der Waals surface area contributed by atoms with Crippen LogP contribution in [-0.2, 0) is 4.79 Å². The van der Waals surface area contributed by atoms with E-state index in [4.69, 9.17) is 0 Å². The van der Waals surface area contributed by atoms with E-state index in [-0.39, 0.29) is 5.78 Å². The molecule has 0 heterocycles. The fraction of sp³-hybridized carbons (Fsp3) is 0.0625. The summed E-state index contributed by atoms with van der Waals surface area (Å²) in [5, 5.41) is 0. The summed E-state index contributed by atoms with van der Waals surface area (Å²) in [6.45, 7) is 1.62. The average Bonchev–Trinajstić information content (AvgIpc) is 2.40. The molecule has 0 atom stereocenters. The van der Waals surface area contributed by atoms with Gasteiger partial charge in [0.1, 0.15) is 0 Å². The first-order valence-corrected chi connectivity index (χ1v) is 6.79. The Morgan fingerprint density at radius 2 is 1.28 bits per heavy atom. The molecule has 0 aliphatic heterocycles. The van der Waals surface area contributed by atoms with E-state index in [0.717, 1.165) is 20.3 Å². The van der Waals surface area contributed by atoms with Gasteiger partial charge in [0, 0.05) is 9.15 Å². The molecule has 0 bridgehead atoms. The lowest BCUT2D eigenvalue weighted by atomic mass is 10.00. The largest absolute Gasteiger partial charge is 0.294 e. The number of allylic oxidation sites excluding steroid dienone is 1. The average molecular weight is 348 g/mol. The van der Waals surface area contributed by atoms with Crippen LogP contribution in [0.25, 0.3) is 9.15 Å². The van der Waals surface area contributed by atoms with Crippen molar-refractivity contribution >= 4 is 37.5 Å². The molecule has 90 valence electrons. The minimum atomic E-state index is 0.0921. The highest BCUT2D eigenvalue weighted by atomic mass is 127. The molecule has 0 radical (unpaired) electrons. The lowest BCUT2D eigenvalue weighted by Gasteiger charge is -2.08. The minimum Gasteiger partial charge on any atom is -0.294 e. The van der Waals surface area contributed by atoms with Crippen LogP contribution in [0.4, 0.5) is 0 Å². The number of carbonyl (C=O) groups excluding carboxylic acids is 1. The van der Waals surface area contributed by atoms with E-state index in [0.29, 0.717) is 0 Å². The van der Waals surface area contributed by atoms with E-state index >= 15 is 0 Å². The monoisotopic (exact) mass is 348 g/mol. The molecule has 2 heteroatoms. The Bertz CT molecular complexity index is 571. The quantitative estimate of drug-likeness (QED) is 0.451. The van der Waals surface area contributed by atoms with Crippen LogP contribution in [0.3, 0.4) is 0 Å². The van der Waals surface area contributed by atoms with Crippen molar-refractivity contribution in [3.8, 4) is 0 Å². The molecule has 2 aromatic rings. The van der Waals surface area contributed by atoms with Gasteiger partial charge in [-0.25, -0.2) is 0 Å². The van der Waals surface area contributed by atoms with E-state index in [1.807, 2.05) is 60.7 Å². The maximum absolute atomic E-state index is 11.9. The lowest BCUT2D eigenvalue weighted by Crippen LogP contribution is -1.98. The molecule has 0 spiro atoms. The number of benzene rings is 2. The molecule has 2 rings (SSSR count). The fourth-order valence-corrected chi connectivity index (χ4v) is 2.87. The molecule has 18 heavy (non-hydrogen) atoms. The number of ketones is 1. The second kappa shape index (κ2) is 5.96. The summed E-state index contributed by atoms with van der Waals surface area (Å²) in [4.78, 5) is 11.9. The summed E-state index contributed by atoms with van der Waals surface area (Å²) < 4.78 is 0.992. The van der Waals surface area contributed by atoms with Gasteiger partial charge in [-0.2, -0.15) is 0 Å². The van der Waals surface area contributed by atoms with Gasteiger partial charge in [0.05, 0.1) is 0 Å². The van der Waals surface area contributed by atoms with Crippen LogP contribution in [0, 0.1) is 0 Å². The van der Waals surface area contributed by atoms with Crippen LogP contribution in [0.2, 0.25) is 0 Å². The molecular weight excluding hydrogens is 335 g/mol. The molecule has 0 unspecified atom stereocenters. The van der Waals surface area contributed by atoms with Crippen molar-refractivity contribution in [2.75, 3.05) is 0 Å². The molecule has 1 nitrogen and oxygen atoms in total. The molecule has 0 amide bonds. The predicted molar refractivity (Wildman–Crippen MR) is 84.4 cm³/mol. The van der Waals surface area contributed by atoms with Gasteiger partial charge >= 0.3 is 0 Å². The van der Waals surface area contributed by atoms with Gasteiger partial charge in [0.25, 0.3) is 0 Å². The van der Waals surface area contributed by atoms with E-state index in [9.17, 15) is 4.79 Å². The Hall–Kier alpha value is -1.42. The van der Waals surface area contributed by atoms with Crippen LogP contribution >= 0.6 is 22.6 Å². The van der Waals surface area contributed by atoms with Crippen molar-refractivity contribution in [2.45, 2.75) is 6.92 Å². The Labute approximate surface area is 121 Å². The van der Waals surface area contributed by atoms with Crippen molar-refractivity contribution < 1.29 is 4.79 Å². The Morgan fingerprint density at radius 3 is 1.72 bits per heavy atom. The molecule has 2 aromatic carbocycles. The van der Waals surface area contributed by atoms with Gasteiger partial charge in [-0.15, -0.1) is 0 Å². The molecule has 0 aliphatic rings. The fourth-order valence-electron chi connectivity index (χ4n) is 1.82. The third kappa shape index (κ3) is 2.88. The van der Waals surface area contributed by atoms with E-state index in [1.54, 1.807) is 6.92 Å². The van der Waals surface area contributed by atoms with Gasteiger partial charge in [-0.1, -0.05) is 60.7 Å². The third-order valence-electron chi connectivity index (χ3n) is 2.66. The summed E-state index contributed by atoms with van der Waals surface area (Å²) in [7, 11) is 0. The van der Waals surface area contributed by atoms with E-state index in [2.05, 4.69) is 22.6 Å². The zero-order chi connectivity index (χ0) is 13.0. The first-order valence-electron chi connectivity index (χ1n) is 5.71. The van der Waals surface area contributed by atoms with Crippen LogP contribution in [-0.4, -0.2) is 5.78 Å². The second-order valence-electron chi connectivity index (χ2n) is 3.98. The van der Waals surface area contributed by atoms with E-state index in [1.165, 1.54) is 0 Å². The zero-order valence-electron chi connectivity index (χ0n) is 10.1. The predicted octanol–water partition coefficient (Wildman–Crippen LogP) is 4.58. The number of halogens is 1. The maximum Gasteiger partial charge on any atom is 0.161 e. The molecule has 0 aliphatic carbocycles. The van der Waals surface area contributed by atoms with Crippen molar-refractivity contribution in [3.63, 3.8) is 0 Å². The summed E-state index contributed by atoms with van der Waals surface area (Å²) in [5.41, 5.74) is 2.83. The summed E-state index contributed by atoms with van der Waals surface area (Å²) in [6, 6.07) is 19.8. The molecule has 0 saturated carbocycles. The number of hydrogen-bond donors (Lipinski definition) is 0. The van der Waals surface area contributed by atoms with Gasteiger partial charge < -0.3 is 0 Å². The summed E-state index contributed by atoms with van der Waals surface area (Å²) in [6.07, 6.45) is 0. The molecule has 0 fully saturated rings. The van der Waals surface area contributed by atoms with Crippen molar-refractivity contribution in [3.05, 3.63) is 71.8 Å². The van der Waals surface area contributed by atoms with Crippen LogP contribution in [0.15, 0.2) is 60.7 Å². The van der Waals surface area contributed by atoms with E-state index < -0.39 is 0 Å². The standard InChI is InChI=1S/C16H13IO/c1-12(18)15(13-8-4-2-5-9-13)16(17)14-10-6-3-7-11-14/h2-11H,1H3/b16-15-. The SMILES string of the molecule is CC(=O)/C(=C(/I)c1ccccc1)c1ccccc1. The Morgan fingerprint density at radius 1 is 0.833 bits per heavy atom. The first kappa shape index (κ1) is 13.0. The highest BCUT2D eigenvalue weighted by Crippen LogP contribution is 2.32. The Kier molecular flexibility index (Phi) is 4.31.